The second-order valence-corrected chi connectivity index (χ2v) is 8.11. The zero-order valence-electron chi connectivity index (χ0n) is 19.7. The molecule has 3 rings (SSSR count). The van der Waals surface area contributed by atoms with Crippen molar-refractivity contribution in [2.45, 2.75) is 31.8 Å². The first kappa shape index (κ1) is 26.2. The van der Waals surface area contributed by atoms with E-state index >= 15 is 0 Å². The maximum atomic E-state index is 5.34. The standard InChI is InChI=1S/C24H36N6O.HI/c1-25-24(27-17-19-12-13-26-23(16-19)29(2)3)28-18-22(30-14-6-5-7-15-30)20-8-10-21(31-4)11-9-20;/h8-13,16,22H,5-7,14-15,17-18H2,1-4H3,(H2,25,27,28);1H. The number of pyridine rings is 1. The van der Waals surface area contributed by atoms with Crippen molar-refractivity contribution in [3.8, 4) is 5.75 Å². The molecular formula is C24H37IN6O. The molecule has 8 heteroatoms. The van der Waals surface area contributed by atoms with Gasteiger partial charge in [-0.15, -0.1) is 24.0 Å². The number of nitrogens with zero attached hydrogens (tertiary/aromatic N) is 4. The summed E-state index contributed by atoms with van der Waals surface area (Å²) in [5.41, 5.74) is 2.47. The lowest BCUT2D eigenvalue weighted by Gasteiger charge is -2.35. The van der Waals surface area contributed by atoms with Gasteiger partial charge in [0, 0.05) is 40.4 Å². The Morgan fingerprint density at radius 1 is 1.12 bits per heavy atom. The van der Waals surface area contributed by atoms with Crippen LogP contribution in [0.15, 0.2) is 47.6 Å². The highest BCUT2D eigenvalue weighted by molar-refractivity contribution is 14.0. The molecule has 0 saturated carbocycles. The highest BCUT2D eigenvalue weighted by Gasteiger charge is 2.22. The van der Waals surface area contributed by atoms with Gasteiger partial charge in [0.05, 0.1) is 13.2 Å². The zero-order chi connectivity index (χ0) is 22.1. The Hall–Kier alpha value is -2.07. The Bertz CT molecular complexity index is 837. The van der Waals surface area contributed by atoms with Crippen molar-refractivity contribution in [1.82, 2.24) is 20.5 Å². The van der Waals surface area contributed by atoms with Crippen molar-refractivity contribution in [2.75, 3.05) is 52.8 Å². The van der Waals surface area contributed by atoms with Gasteiger partial charge in [-0.05, 0) is 61.3 Å². The summed E-state index contributed by atoms with van der Waals surface area (Å²) in [6.45, 7) is 3.76. The Balaban J connectivity index is 0.00000363. The van der Waals surface area contributed by atoms with Gasteiger partial charge in [0.2, 0.25) is 0 Å². The van der Waals surface area contributed by atoms with Crippen LogP contribution in [0.3, 0.4) is 0 Å². The Morgan fingerprint density at radius 3 is 2.47 bits per heavy atom. The van der Waals surface area contributed by atoms with Crippen molar-refractivity contribution in [2.24, 2.45) is 4.99 Å². The minimum Gasteiger partial charge on any atom is -0.497 e. The monoisotopic (exact) mass is 552 g/mol. The number of aromatic nitrogens is 1. The number of hydrogen-bond acceptors (Lipinski definition) is 5. The first-order valence-corrected chi connectivity index (χ1v) is 11.1. The molecule has 1 unspecified atom stereocenters. The van der Waals surface area contributed by atoms with Crippen LogP contribution in [0.25, 0.3) is 0 Å². The predicted molar refractivity (Wildman–Crippen MR) is 143 cm³/mol. The number of guanidine groups is 1. The summed E-state index contributed by atoms with van der Waals surface area (Å²) in [6, 6.07) is 12.9. The average Bonchev–Trinajstić information content (AvgIpc) is 2.82. The van der Waals surface area contributed by atoms with E-state index in [4.69, 9.17) is 4.74 Å². The summed E-state index contributed by atoms with van der Waals surface area (Å²) in [7, 11) is 7.52. The molecule has 0 aliphatic carbocycles. The topological polar surface area (TPSA) is 65.0 Å². The number of rotatable bonds is 8. The first-order chi connectivity index (χ1) is 15.1. The number of piperidine rings is 1. The molecule has 1 saturated heterocycles. The van der Waals surface area contributed by atoms with Gasteiger partial charge in [-0.3, -0.25) is 9.89 Å². The number of nitrogens with one attached hydrogen (secondary N) is 2. The summed E-state index contributed by atoms with van der Waals surface area (Å²) in [4.78, 5) is 13.4. The lowest BCUT2D eigenvalue weighted by molar-refractivity contribution is 0.164. The van der Waals surface area contributed by atoms with Crippen LogP contribution in [0.4, 0.5) is 5.82 Å². The van der Waals surface area contributed by atoms with Gasteiger partial charge in [0.25, 0.3) is 0 Å². The number of halogens is 1. The molecule has 1 aromatic carbocycles. The molecule has 1 atom stereocenters. The third-order valence-electron chi connectivity index (χ3n) is 5.75. The smallest absolute Gasteiger partial charge is 0.191 e. The number of ether oxygens (including phenoxy) is 1. The van der Waals surface area contributed by atoms with Gasteiger partial charge in [0.1, 0.15) is 11.6 Å². The van der Waals surface area contributed by atoms with E-state index in [0.29, 0.717) is 12.6 Å². The van der Waals surface area contributed by atoms with E-state index in [1.54, 1.807) is 7.11 Å². The number of likely N-dealkylation sites (tertiary alicyclic amines) is 1. The van der Waals surface area contributed by atoms with Gasteiger partial charge in [-0.2, -0.15) is 0 Å². The molecule has 2 heterocycles. The maximum Gasteiger partial charge on any atom is 0.191 e. The van der Waals surface area contributed by atoms with Gasteiger partial charge in [0.15, 0.2) is 5.96 Å². The molecule has 2 N–H and O–H groups in total. The van der Waals surface area contributed by atoms with E-state index in [0.717, 1.165) is 37.2 Å². The number of methoxy groups -OCH3 is 1. The number of benzene rings is 1. The van der Waals surface area contributed by atoms with Crippen molar-refractivity contribution < 1.29 is 4.74 Å². The molecule has 1 aromatic heterocycles. The third kappa shape index (κ3) is 7.51. The van der Waals surface area contributed by atoms with Crippen LogP contribution in [-0.4, -0.2) is 63.7 Å². The normalized spacial score (nSPS) is 15.4. The third-order valence-corrected chi connectivity index (χ3v) is 5.75. The van der Waals surface area contributed by atoms with E-state index in [-0.39, 0.29) is 24.0 Å². The predicted octanol–water partition coefficient (Wildman–Crippen LogP) is 3.67. The fourth-order valence-electron chi connectivity index (χ4n) is 3.93. The molecule has 2 aromatic rings. The first-order valence-electron chi connectivity index (χ1n) is 11.1. The molecule has 0 spiro atoms. The molecule has 7 nitrogen and oxygen atoms in total. The second-order valence-electron chi connectivity index (χ2n) is 8.11. The van der Waals surface area contributed by atoms with Gasteiger partial charge in [-0.1, -0.05) is 18.6 Å². The minimum atomic E-state index is 0. The molecule has 32 heavy (non-hydrogen) atoms. The molecule has 0 amide bonds. The molecule has 0 radical (unpaired) electrons. The molecule has 1 aliphatic rings. The van der Waals surface area contributed by atoms with Crippen LogP contribution >= 0.6 is 24.0 Å². The number of anilines is 1. The minimum absolute atomic E-state index is 0. The molecule has 1 fully saturated rings. The van der Waals surface area contributed by atoms with Crippen LogP contribution in [0.2, 0.25) is 0 Å². The highest BCUT2D eigenvalue weighted by Crippen LogP contribution is 2.25. The number of hydrogen-bond donors (Lipinski definition) is 2. The Morgan fingerprint density at radius 2 is 1.84 bits per heavy atom. The van der Waals surface area contributed by atoms with E-state index in [2.05, 4.69) is 43.7 Å². The van der Waals surface area contributed by atoms with E-state index < -0.39 is 0 Å². The van der Waals surface area contributed by atoms with Crippen LogP contribution in [0, 0.1) is 0 Å². The SMILES string of the molecule is CN=C(NCc1ccnc(N(C)C)c1)NCC(c1ccc(OC)cc1)N1CCCCC1.I. The molecular weight excluding hydrogens is 515 g/mol. The zero-order valence-corrected chi connectivity index (χ0v) is 22.0. The van der Waals surface area contributed by atoms with E-state index in [1.165, 1.54) is 30.4 Å². The van der Waals surface area contributed by atoms with Crippen molar-refractivity contribution >= 4 is 35.8 Å². The Kier molecular flexibility index (Phi) is 11.0. The van der Waals surface area contributed by atoms with Gasteiger partial charge >= 0.3 is 0 Å². The van der Waals surface area contributed by atoms with E-state index in [9.17, 15) is 0 Å². The fraction of sp³-hybridized carbons (Fsp3) is 0.500. The van der Waals surface area contributed by atoms with Crippen LogP contribution in [-0.2, 0) is 6.54 Å². The quantitative estimate of drug-likeness (QED) is 0.296. The lowest BCUT2D eigenvalue weighted by atomic mass is 10.0. The van der Waals surface area contributed by atoms with Crippen LogP contribution in [0.1, 0.15) is 36.4 Å². The van der Waals surface area contributed by atoms with Crippen molar-refractivity contribution in [1.29, 1.82) is 0 Å². The summed E-state index contributed by atoms with van der Waals surface area (Å²) < 4.78 is 5.34. The summed E-state index contributed by atoms with van der Waals surface area (Å²) >= 11 is 0. The second kappa shape index (κ2) is 13.5. The van der Waals surface area contributed by atoms with Gasteiger partial charge < -0.3 is 20.3 Å². The fourth-order valence-corrected chi connectivity index (χ4v) is 3.93. The number of aliphatic imine (C=N–C) groups is 1. The molecule has 0 bridgehead atoms. The van der Waals surface area contributed by atoms with Crippen LogP contribution in [0.5, 0.6) is 5.75 Å². The molecule has 1 aliphatic heterocycles. The summed E-state index contributed by atoms with van der Waals surface area (Å²) in [6.07, 6.45) is 5.69. The summed E-state index contributed by atoms with van der Waals surface area (Å²) in [5.74, 6) is 2.65. The Labute approximate surface area is 209 Å². The lowest BCUT2D eigenvalue weighted by Crippen LogP contribution is -2.44. The maximum absolute atomic E-state index is 5.34. The summed E-state index contributed by atoms with van der Waals surface area (Å²) in [5, 5.41) is 6.98. The van der Waals surface area contributed by atoms with Crippen molar-refractivity contribution in [3.05, 3.63) is 53.7 Å². The van der Waals surface area contributed by atoms with Crippen molar-refractivity contribution in [3.63, 3.8) is 0 Å². The molecule has 176 valence electrons. The van der Waals surface area contributed by atoms with Crippen LogP contribution < -0.4 is 20.3 Å². The largest absolute Gasteiger partial charge is 0.497 e. The van der Waals surface area contributed by atoms with E-state index in [1.807, 2.05) is 50.4 Å². The average molecular weight is 553 g/mol. The highest BCUT2D eigenvalue weighted by atomic mass is 127. The van der Waals surface area contributed by atoms with Gasteiger partial charge in [-0.25, -0.2) is 4.98 Å².